The SMILES string of the molecule is CC/C=C\C/C=C\C/C=C\CCCCCC(=O)NCCOP(=O)(O)OCC(O)COC(=O)CCCCCCC/C=C\CCCC. The molecule has 0 aromatic rings. The Morgan fingerprint density at radius 3 is 1.96 bits per heavy atom. The second-order valence-corrected chi connectivity index (χ2v) is 12.6. The van der Waals surface area contributed by atoms with Gasteiger partial charge in [-0.2, -0.15) is 0 Å². The van der Waals surface area contributed by atoms with Crippen LogP contribution in [0.1, 0.15) is 129 Å². The molecule has 0 fully saturated rings. The lowest BCUT2D eigenvalue weighted by Crippen LogP contribution is -2.27. The molecular formula is C35H62NO8P. The molecule has 0 aliphatic carbocycles. The molecule has 0 aromatic carbocycles. The highest BCUT2D eigenvalue weighted by molar-refractivity contribution is 7.47. The lowest BCUT2D eigenvalue weighted by molar-refractivity contribution is -0.147. The third-order valence-electron chi connectivity index (χ3n) is 6.74. The van der Waals surface area contributed by atoms with Crippen LogP contribution >= 0.6 is 7.82 Å². The molecule has 260 valence electrons. The van der Waals surface area contributed by atoms with Crippen molar-refractivity contribution in [1.82, 2.24) is 5.32 Å². The molecule has 0 bridgehead atoms. The smallest absolute Gasteiger partial charge is 0.463 e. The Labute approximate surface area is 273 Å². The van der Waals surface area contributed by atoms with Crippen molar-refractivity contribution < 1.29 is 37.9 Å². The van der Waals surface area contributed by atoms with Gasteiger partial charge >= 0.3 is 13.8 Å². The van der Waals surface area contributed by atoms with E-state index in [4.69, 9.17) is 13.8 Å². The number of esters is 1. The van der Waals surface area contributed by atoms with Crippen LogP contribution < -0.4 is 5.32 Å². The van der Waals surface area contributed by atoms with Crippen molar-refractivity contribution in [3.63, 3.8) is 0 Å². The van der Waals surface area contributed by atoms with Crippen LogP contribution in [-0.2, 0) is 27.9 Å². The molecule has 0 spiro atoms. The third kappa shape index (κ3) is 33.2. The molecule has 0 saturated heterocycles. The number of hydrogen-bond acceptors (Lipinski definition) is 7. The number of aliphatic hydroxyl groups excluding tert-OH is 1. The Morgan fingerprint density at radius 1 is 0.711 bits per heavy atom. The van der Waals surface area contributed by atoms with E-state index in [1.54, 1.807) is 0 Å². The molecule has 0 heterocycles. The van der Waals surface area contributed by atoms with Crippen LogP contribution in [0.4, 0.5) is 0 Å². The predicted molar refractivity (Wildman–Crippen MR) is 183 cm³/mol. The zero-order valence-electron chi connectivity index (χ0n) is 28.0. The van der Waals surface area contributed by atoms with Crippen molar-refractivity contribution in [2.75, 3.05) is 26.4 Å². The molecule has 9 nitrogen and oxygen atoms in total. The summed E-state index contributed by atoms with van der Waals surface area (Å²) in [5.74, 6) is -0.563. The minimum Gasteiger partial charge on any atom is -0.463 e. The fourth-order valence-corrected chi connectivity index (χ4v) is 4.89. The third-order valence-corrected chi connectivity index (χ3v) is 7.73. The Morgan fingerprint density at radius 2 is 1.27 bits per heavy atom. The summed E-state index contributed by atoms with van der Waals surface area (Å²) in [5, 5.41) is 12.6. The van der Waals surface area contributed by atoms with E-state index < -0.39 is 26.5 Å². The molecule has 0 saturated carbocycles. The molecule has 0 radical (unpaired) electrons. The van der Waals surface area contributed by atoms with Crippen molar-refractivity contribution >= 4 is 19.7 Å². The minimum atomic E-state index is -4.42. The molecule has 45 heavy (non-hydrogen) atoms. The summed E-state index contributed by atoms with van der Waals surface area (Å²) in [7, 11) is -4.42. The van der Waals surface area contributed by atoms with E-state index in [-0.39, 0.29) is 32.1 Å². The van der Waals surface area contributed by atoms with Gasteiger partial charge in [0.25, 0.3) is 0 Å². The normalized spacial score (nSPS) is 14.1. The van der Waals surface area contributed by atoms with Gasteiger partial charge < -0.3 is 20.1 Å². The number of ether oxygens (including phenoxy) is 1. The van der Waals surface area contributed by atoms with Gasteiger partial charge in [-0.3, -0.25) is 18.6 Å². The summed E-state index contributed by atoms with van der Waals surface area (Å²) in [4.78, 5) is 33.6. The molecular weight excluding hydrogens is 593 g/mol. The zero-order chi connectivity index (χ0) is 33.3. The van der Waals surface area contributed by atoms with Crippen LogP contribution in [0.15, 0.2) is 48.6 Å². The number of hydrogen-bond donors (Lipinski definition) is 3. The highest BCUT2D eigenvalue weighted by Gasteiger charge is 2.23. The number of aliphatic hydroxyl groups is 1. The second-order valence-electron chi connectivity index (χ2n) is 11.1. The molecule has 0 aromatic heterocycles. The van der Waals surface area contributed by atoms with E-state index in [0.717, 1.165) is 89.9 Å². The molecule has 3 N–H and O–H groups in total. The summed E-state index contributed by atoms with van der Waals surface area (Å²) < 4.78 is 26.6. The average molecular weight is 656 g/mol. The van der Waals surface area contributed by atoms with E-state index in [9.17, 15) is 24.2 Å². The quantitative estimate of drug-likeness (QED) is 0.0294. The number of amides is 1. The number of phosphoric acid groups is 1. The van der Waals surface area contributed by atoms with Gasteiger partial charge in [-0.1, -0.05) is 101 Å². The van der Waals surface area contributed by atoms with Gasteiger partial charge in [0, 0.05) is 19.4 Å². The maximum absolute atomic E-state index is 12.0. The van der Waals surface area contributed by atoms with Gasteiger partial charge in [0.15, 0.2) is 0 Å². The van der Waals surface area contributed by atoms with Gasteiger partial charge in [0.2, 0.25) is 5.91 Å². The van der Waals surface area contributed by atoms with E-state index >= 15 is 0 Å². The van der Waals surface area contributed by atoms with E-state index in [1.807, 2.05) is 0 Å². The van der Waals surface area contributed by atoms with Crippen molar-refractivity contribution in [3.8, 4) is 0 Å². The predicted octanol–water partition coefficient (Wildman–Crippen LogP) is 8.43. The average Bonchev–Trinajstić information content (AvgIpc) is 3.02. The summed E-state index contributed by atoms with van der Waals surface area (Å²) in [5.41, 5.74) is 0. The topological polar surface area (TPSA) is 131 Å². The zero-order valence-corrected chi connectivity index (χ0v) is 28.9. The van der Waals surface area contributed by atoms with Crippen LogP contribution in [0.3, 0.4) is 0 Å². The van der Waals surface area contributed by atoms with Gasteiger partial charge in [-0.05, 0) is 64.2 Å². The Hall–Kier alpha value is -2.03. The number of carbonyl (C=O) groups is 2. The van der Waals surface area contributed by atoms with Crippen molar-refractivity contribution in [2.45, 2.75) is 136 Å². The maximum Gasteiger partial charge on any atom is 0.472 e. The van der Waals surface area contributed by atoms with E-state index in [2.05, 4.69) is 67.8 Å². The van der Waals surface area contributed by atoms with Gasteiger partial charge in [0.1, 0.15) is 12.7 Å². The lowest BCUT2D eigenvalue weighted by atomic mass is 10.1. The minimum absolute atomic E-state index is 0.0630. The van der Waals surface area contributed by atoms with Crippen molar-refractivity contribution in [3.05, 3.63) is 48.6 Å². The second kappa shape index (κ2) is 31.9. The first-order valence-electron chi connectivity index (χ1n) is 17.1. The van der Waals surface area contributed by atoms with Crippen LogP contribution in [0, 0.1) is 0 Å². The van der Waals surface area contributed by atoms with Crippen LogP contribution in [0.25, 0.3) is 0 Å². The maximum atomic E-state index is 12.0. The lowest BCUT2D eigenvalue weighted by Gasteiger charge is -2.15. The number of allylic oxidation sites excluding steroid dienone is 8. The number of rotatable bonds is 31. The highest BCUT2D eigenvalue weighted by Crippen LogP contribution is 2.42. The standard InChI is InChI=1S/C35H62NO8P/c1-3-5-7-9-11-13-15-16-18-19-21-23-25-27-34(38)36-29-30-43-45(40,41)44-32-33(37)31-42-35(39)28-26-24-22-20-17-14-12-10-8-6-4-2/h5,7,10-13,16,18,33,37H,3-4,6,8-9,14-15,17,19-32H2,1-2H3,(H,36,38)(H,40,41)/b7-5-,12-10-,13-11-,18-16-. The Bertz CT molecular complexity index is 887. The molecule has 0 aliphatic rings. The molecule has 2 unspecified atom stereocenters. The van der Waals surface area contributed by atoms with Crippen molar-refractivity contribution in [1.29, 1.82) is 0 Å². The van der Waals surface area contributed by atoms with E-state index in [1.165, 1.54) is 12.8 Å². The summed E-state index contributed by atoms with van der Waals surface area (Å²) in [6.07, 6.45) is 33.3. The highest BCUT2D eigenvalue weighted by atomic mass is 31.2. The fraction of sp³-hybridized carbons (Fsp3) is 0.714. The number of nitrogens with one attached hydrogen (secondary N) is 1. The largest absolute Gasteiger partial charge is 0.472 e. The number of phosphoric ester groups is 1. The molecule has 10 heteroatoms. The summed E-state index contributed by atoms with van der Waals surface area (Å²) in [6.45, 7) is 3.31. The first kappa shape index (κ1) is 43.0. The van der Waals surface area contributed by atoms with Crippen LogP contribution in [-0.4, -0.2) is 54.3 Å². The monoisotopic (exact) mass is 655 g/mol. The van der Waals surface area contributed by atoms with Crippen LogP contribution in [0.2, 0.25) is 0 Å². The molecule has 1 amide bonds. The van der Waals surface area contributed by atoms with Crippen molar-refractivity contribution in [2.24, 2.45) is 0 Å². The Kier molecular flexibility index (Phi) is 30.5. The fourth-order valence-electron chi connectivity index (χ4n) is 4.14. The van der Waals surface area contributed by atoms with Gasteiger partial charge in [-0.15, -0.1) is 0 Å². The summed E-state index contributed by atoms with van der Waals surface area (Å²) in [6, 6.07) is 0. The first-order valence-corrected chi connectivity index (χ1v) is 18.6. The number of carbonyl (C=O) groups excluding carboxylic acids is 2. The first-order chi connectivity index (χ1) is 21.8. The molecule has 2 atom stereocenters. The summed E-state index contributed by atoms with van der Waals surface area (Å²) >= 11 is 0. The van der Waals surface area contributed by atoms with E-state index in [0.29, 0.717) is 6.42 Å². The number of unbranched alkanes of at least 4 members (excludes halogenated alkanes) is 10. The Balaban J connectivity index is 3.71. The molecule has 0 aliphatic heterocycles. The van der Waals surface area contributed by atoms with Gasteiger partial charge in [0.05, 0.1) is 13.2 Å². The van der Waals surface area contributed by atoms with Gasteiger partial charge in [-0.25, -0.2) is 4.57 Å². The molecule has 0 rings (SSSR count). The van der Waals surface area contributed by atoms with Crippen LogP contribution in [0.5, 0.6) is 0 Å².